The summed E-state index contributed by atoms with van der Waals surface area (Å²) >= 11 is 3.29. The molecule has 128 valence electrons. The van der Waals surface area contributed by atoms with Crippen LogP contribution in [0.3, 0.4) is 0 Å². The Morgan fingerprint density at radius 2 is 2.00 bits per heavy atom. The van der Waals surface area contributed by atoms with Crippen molar-refractivity contribution in [1.29, 1.82) is 0 Å². The van der Waals surface area contributed by atoms with E-state index < -0.39 is 5.97 Å². The third-order valence-corrected chi connectivity index (χ3v) is 3.65. The minimum Gasteiger partial charge on any atom is -0.497 e. The van der Waals surface area contributed by atoms with E-state index in [0.717, 1.165) is 24.2 Å². The molecule has 1 aromatic heterocycles. The van der Waals surface area contributed by atoms with Crippen molar-refractivity contribution in [2.45, 2.75) is 26.3 Å². The number of hydrogen-bond donors (Lipinski definition) is 1. The maximum Gasteiger partial charge on any atom is 0.357 e. The van der Waals surface area contributed by atoms with Crippen LogP contribution in [0, 0.1) is 0 Å². The molecule has 0 unspecified atom stereocenters. The Hall–Kier alpha value is -2.15. The molecular weight excluding hydrogens is 374 g/mol. The Labute approximate surface area is 149 Å². The van der Waals surface area contributed by atoms with Gasteiger partial charge >= 0.3 is 5.97 Å². The van der Waals surface area contributed by atoms with Gasteiger partial charge in [0.15, 0.2) is 5.69 Å². The molecular formula is C17H20BrN3O3. The van der Waals surface area contributed by atoms with Crippen LogP contribution in [0.1, 0.15) is 35.8 Å². The maximum atomic E-state index is 12.0. The molecule has 6 nitrogen and oxygen atoms in total. The normalized spacial score (nSPS) is 10.3. The number of anilines is 1. The van der Waals surface area contributed by atoms with Gasteiger partial charge in [0, 0.05) is 12.6 Å². The van der Waals surface area contributed by atoms with E-state index in [9.17, 15) is 4.79 Å². The molecule has 1 aromatic carbocycles. The molecule has 7 heteroatoms. The topological polar surface area (TPSA) is 73.3 Å². The first-order chi connectivity index (χ1) is 11.6. The number of ether oxygens (including phenoxy) is 2. The van der Waals surface area contributed by atoms with Crippen molar-refractivity contribution in [3.05, 3.63) is 46.2 Å². The molecule has 0 aliphatic carbocycles. The van der Waals surface area contributed by atoms with E-state index in [-0.39, 0.29) is 5.69 Å². The number of unbranched alkanes of at least 4 members (excludes halogenated alkanes) is 1. The van der Waals surface area contributed by atoms with Gasteiger partial charge in [-0.2, -0.15) is 0 Å². The van der Waals surface area contributed by atoms with Crippen molar-refractivity contribution in [2.75, 3.05) is 19.0 Å². The van der Waals surface area contributed by atoms with Gasteiger partial charge in [-0.3, -0.25) is 0 Å². The summed E-state index contributed by atoms with van der Waals surface area (Å²) in [6.07, 6.45) is 1.80. The van der Waals surface area contributed by atoms with Crippen LogP contribution in [0.5, 0.6) is 5.75 Å². The number of aromatic nitrogens is 2. The van der Waals surface area contributed by atoms with Gasteiger partial charge < -0.3 is 14.8 Å². The lowest BCUT2D eigenvalue weighted by Crippen LogP contribution is -2.12. The summed E-state index contributed by atoms with van der Waals surface area (Å²) in [5.74, 6) is 0.719. The number of halogens is 1. The second kappa shape index (κ2) is 9.22. The summed E-state index contributed by atoms with van der Waals surface area (Å²) in [5, 5.41) is 3.10. The van der Waals surface area contributed by atoms with Crippen LogP contribution in [-0.2, 0) is 11.3 Å². The van der Waals surface area contributed by atoms with Crippen LogP contribution in [0.2, 0.25) is 0 Å². The number of methoxy groups -OCH3 is 1. The fourth-order valence-electron chi connectivity index (χ4n) is 1.91. The molecule has 0 saturated carbocycles. The third-order valence-electron chi connectivity index (χ3n) is 3.24. The Kier molecular flexibility index (Phi) is 6.99. The van der Waals surface area contributed by atoms with E-state index >= 15 is 0 Å². The molecule has 2 aromatic rings. The Bertz CT molecular complexity index is 677. The molecule has 24 heavy (non-hydrogen) atoms. The zero-order valence-electron chi connectivity index (χ0n) is 13.7. The first-order valence-electron chi connectivity index (χ1n) is 7.71. The highest BCUT2D eigenvalue weighted by atomic mass is 79.9. The predicted molar refractivity (Wildman–Crippen MR) is 95.2 cm³/mol. The van der Waals surface area contributed by atoms with E-state index in [0.29, 0.717) is 23.7 Å². The molecule has 0 bridgehead atoms. The molecule has 0 aliphatic heterocycles. The first kappa shape index (κ1) is 18.2. The Morgan fingerprint density at radius 1 is 1.25 bits per heavy atom. The number of nitrogens with zero attached hydrogens (tertiary/aromatic N) is 2. The second-order valence-corrected chi connectivity index (χ2v) is 5.90. The fourth-order valence-corrected chi connectivity index (χ4v) is 2.29. The SMILES string of the molecule is CCCCOC(=O)c1cc(Br)nc(NCc2ccc(OC)cc2)n1. The van der Waals surface area contributed by atoms with E-state index in [2.05, 4.69) is 31.2 Å². The van der Waals surface area contributed by atoms with Gasteiger partial charge in [0.25, 0.3) is 0 Å². The fraction of sp³-hybridized carbons (Fsp3) is 0.353. The van der Waals surface area contributed by atoms with Gasteiger partial charge in [-0.1, -0.05) is 25.5 Å². The van der Waals surface area contributed by atoms with E-state index in [1.165, 1.54) is 0 Å². The maximum absolute atomic E-state index is 12.0. The van der Waals surface area contributed by atoms with Gasteiger partial charge in [-0.05, 0) is 40.0 Å². The van der Waals surface area contributed by atoms with E-state index in [1.807, 2.05) is 31.2 Å². The summed E-state index contributed by atoms with van der Waals surface area (Å²) in [5.41, 5.74) is 1.27. The lowest BCUT2D eigenvalue weighted by Gasteiger charge is -2.08. The molecule has 0 spiro atoms. The first-order valence-corrected chi connectivity index (χ1v) is 8.50. The number of esters is 1. The number of carbonyl (C=O) groups excluding carboxylic acids is 1. The van der Waals surface area contributed by atoms with Gasteiger partial charge in [-0.25, -0.2) is 14.8 Å². The number of nitrogens with one attached hydrogen (secondary N) is 1. The van der Waals surface area contributed by atoms with Crippen LogP contribution in [0.15, 0.2) is 34.9 Å². The Morgan fingerprint density at radius 3 is 2.67 bits per heavy atom. The second-order valence-electron chi connectivity index (χ2n) is 5.09. The zero-order chi connectivity index (χ0) is 17.4. The van der Waals surface area contributed by atoms with Crippen molar-refractivity contribution >= 4 is 27.8 Å². The highest BCUT2D eigenvalue weighted by molar-refractivity contribution is 9.10. The number of rotatable bonds is 8. The minimum absolute atomic E-state index is 0.227. The van der Waals surface area contributed by atoms with E-state index in [4.69, 9.17) is 9.47 Å². The Balaban J connectivity index is 2.00. The highest BCUT2D eigenvalue weighted by Gasteiger charge is 2.12. The summed E-state index contributed by atoms with van der Waals surface area (Å²) in [6.45, 7) is 2.96. The summed E-state index contributed by atoms with van der Waals surface area (Å²) in [6, 6.07) is 9.21. The van der Waals surface area contributed by atoms with Gasteiger partial charge in [0.05, 0.1) is 13.7 Å². The van der Waals surface area contributed by atoms with Crippen molar-refractivity contribution < 1.29 is 14.3 Å². The van der Waals surface area contributed by atoms with Crippen LogP contribution in [0.25, 0.3) is 0 Å². The van der Waals surface area contributed by atoms with Crippen molar-refractivity contribution in [3.8, 4) is 5.75 Å². The molecule has 1 N–H and O–H groups in total. The predicted octanol–water partition coefficient (Wildman–Crippen LogP) is 3.82. The quantitative estimate of drug-likeness (QED) is 0.417. The molecule has 1 heterocycles. The third kappa shape index (κ3) is 5.49. The van der Waals surface area contributed by atoms with Crippen LogP contribution in [-0.4, -0.2) is 29.7 Å². The van der Waals surface area contributed by atoms with Crippen LogP contribution < -0.4 is 10.1 Å². The molecule has 0 amide bonds. The lowest BCUT2D eigenvalue weighted by atomic mass is 10.2. The average molecular weight is 394 g/mol. The van der Waals surface area contributed by atoms with Gasteiger partial charge in [0.2, 0.25) is 5.95 Å². The number of benzene rings is 1. The molecule has 0 radical (unpaired) electrons. The van der Waals surface area contributed by atoms with E-state index in [1.54, 1.807) is 13.2 Å². The van der Waals surface area contributed by atoms with Crippen molar-refractivity contribution in [1.82, 2.24) is 9.97 Å². The summed E-state index contributed by atoms with van der Waals surface area (Å²) < 4.78 is 10.8. The molecule has 0 saturated heterocycles. The van der Waals surface area contributed by atoms with Crippen LogP contribution in [0.4, 0.5) is 5.95 Å². The smallest absolute Gasteiger partial charge is 0.357 e. The molecule has 0 atom stereocenters. The lowest BCUT2D eigenvalue weighted by molar-refractivity contribution is 0.0492. The highest BCUT2D eigenvalue weighted by Crippen LogP contribution is 2.15. The van der Waals surface area contributed by atoms with Gasteiger partial charge in [-0.15, -0.1) is 0 Å². The number of hydrogen-bond acceptors (Lipinski definition) is 6. The van der Waals surface area contributed by atoms with Gasteiger partial charge in [0.1, 0.15) is 10.4 Å². The largest absolute Gasteiger partial charge is 0.497 e. The standard InChI is InChI=1S/C17H20BrN3O3/c1-3-4-9-24-16(22)14-10-15(18)21-17(20-14)19-11-12-5-7-13(23-2)8-6-12/h5-8,10H,3-4,9,11H2,1-2H3,(H,19,20,21). The molecule has 0 fully saturated rings. The van der Waals surface area contributed by atoms with Crippen molar-refractivity contribution in [2.24, 2.45) is 0 Å². The average Bonchev–Trinajstić information content (AvgIpc) is 2.60. The number of carbonyl (C=O) groups is 1. The zero-order valence-corrected chi connectivity index (χ0v) is 15.3. The van der Waals surface area contributed by atoms with Crippen LogP contribution >= 0.6 is 15.9 Å². The summed E-state index contributed by atoms with van der Waals surface area (Å²) in [7, 11) is 1.63. The molecule has 2 rings (SSSR count). The van der Waals surface area contributed by atoms with Crippen molar-refractivity contribution in [3.63, 3.8) is 0 Å². The monoisotopic (exact) mass is 393 g/mol. The summed E-state index contributed by atoms with van der Waals surface area (Å²) in [4.78, 5) is 20.4. The molecule has 0 aliphatic rings. The minimum atomic E-state index is -0.445.